The first-order valence-corrected chi connectivity index (χ1v) is 2.88. The molecule has 0 bridgehead atoms. The van der Waals surface area contributed by atoms with Crippen molar-refractivity contribution in [3.63, 3.8) is 0 Å². The second-order valence-corrected chi connectivity index (χ2v) is 1.85. The van der Waals surface area contributed by atoms with Crippen LogP contribution in [0.5, 0.6) is 0 Å². The van der Waals surface area contributed by atoms with Gasteiger partial charge in [-0.15, -0.1) is 0 Å². The molecule has 0 aromatic rings. The van der Waals surface area contributed by atoms with E-state index in [1.54, 1.807) is 0 Å². The zero-order valence-corrected chi connectivity index (χ0v) is 4.89. The topological polar surface area (TPSA) is 74.6 Å². The summed E-state index contributed by atoms with van der Waals surface area (Å²) in [5, 5.41) is 0. The van der Waals surface area contributed by atoms with Crippen LogP contribution < -0.4 is 0 Å². The zero-order chi connectivity index (χ0) is 4.50. The van der Waals surface area contributed by atoms with E-state index in [4.69, 9.17) is 15.9 Å². The molecule has 0 heterocycles. The van der Waals surface area contributed by atoms with Gasteiger partial charge in [-0.05, 0) is 0 Å². The average Bonchev–Trinajstić information content (AvgIpc) is 0.722. The van der Waals surface area contributed by atoms with Crippen LogP contribution in [0.4, 0.5) is 0 Å². The molecular formula is H5CrNaO4S. The summed E-state index contributed by atoms with van der Waals surface area (Å²) in [5.74, 6) is 0. The molecule has 2 N–H and O–H groups in total. The van der Waals surface area contributed by atoms with E-state index in [1.165, 1.54) is 0 Å². The van der Waals surface area contributed by atoms with Gasteiger partial charge in [0.05, 0.1) is 0 Å². The fraction of sp³-hybridized carbons (Fsp3) is 0. The fourth-order valence-electron chi connectivity index (χ4n) is 0. The third-order valence-corrected chi connectivity index (χ3v) is 0. The second kappa shape index (κ2) is 5.54. The van der Waals surface area contributed by atoms with Crippen molar-refractivity contribution in [2.75, 3.05) is 0 Å². The van der Waals surface area contributed by atoms with Crippen LogP contribution in [0.2, 0.25) is 0 Å². The Morgan fingerprint density at radius 1 is 1.14 bits per heavy atom. The monoisotopic (exact) mass is 176 g/mol. The minimum absolute atomic E-state index is 0. The van der Waals surface area contributed by atoms with E-state index >= 15 is 0 Å². The number of hydrogen-bond acceptors (Lipinski definition) is 2. The molecule has 0 spiro atoms. The minimum atomic E-state index is -5.25. The Morgan fingerprint density at radius 2 is 1.14 bits per heavy atom. The van der Waals surface area contributed by atoms with Crippen molar-refractivity contribution in [3.05, 3.63) is 0 Å². The quantitative estimate of drug-likeness (QED) is 0.423. The van der Waals surface area contributed by atoms with Crippen LogP contribution in [0, 0.1) is 0 Å². The van der Waals surface area contributed by atoms with Crippen molar-refractivity contribution in [1.82, 2.24) is 0 Å². The van der Waals surface area contributed by atoms with Crippen molar-refractivity contribution < 1.29 is 29.5 Å². The van der Waals surface area contributed by atoms with Gasteiger partial charge in [0.1, 0.15) is 0 Å². The predicted octanol–water partition coefficient (Wildman–Crippen LogP) is -1.89. The van der Waals surface area contributed by atoms with Gasteiger partial charge >= 0.3 is 59.1 Å². The summed E-state index contributed by atoms with van der Waals surface area (Å²) in [5.41, 5.74) is 0. The first kappa shape index (κ1) is 15.8. The summed E-state index contributed by atoms with van der Waals surface area (Å²) in [6, 6.07) is 0. The molecule has 0 aliphatic heterocycles. The van der Waals surface area contributed by atoms with Crippen molar-refractivity contribution in [1.29, 1.82) is 0 Å². The van der Waals surface area contributed by atoms with Gasteiger partial charge in [-0.2, -0.15) is 13.5 Å². The van der Waals surface area contributed by atoms with Crippen LogP contribution in [0.15, 0.2) is 0 Å². The Morgan fingerprint density at radius 3 is 1.14 bits per heavy atom. The normalized spacial score (nSPS) is 8.29. The molecule has 7 heteroatoms. The van der Waals surface area contributed by atoms with Crippen molar-refractivity contribution in [2.24, 2.45) is 0 Å². The second-order valence-electron chi connectivity index (χ2n) is 0.448. The molecule has 0 saturated carbocycles. The first-order valence-electron chi connectivity index (χ1n) is 0.698. The molecule has 4 nitrogen and oxygen atoms in total. The van der Waals surface area contributed by atoms with Crippen LogP contribution in [0.3, 0.4) is 0 Å². The van der Waals surface area contributed by atoms with Crippen LogP contribution in [0.25, 0.3) is 0 Å². The van der Waals surface area contributed by atoms with E-state index in [-0.39, 0.29) is 43.1 Å². The molecule has 0 amide bonds. The standard InChI is InChI=1S/Cr.Na.2H2O.2O.H2S.H/h;;2*1H2;;;1H2;/q+2;;;;;;;/p-2. The molecule has 7 heavy (non-hydrogen) atoms. The summed E-state index contributed by atoms with van der Waals surface area (Å²) in [6.45, 7) is 0. The molecule has 0 radical (unpaired) electrons. The molecule has 0 aliphatic rings. The Hall–Kier alpha value is 1.40. The third kappa shape index (κ3) is 110. The first-order chi connectivity index (χ1) is 2.00. The molecular weight excluding hydrogens is 171 g/mol. The van der Waals surface area contributed by atoms with Crippen molar-refractivity contribution >= 4 is 43.1 Å². The van der Waals surface area contributed by atoms with Crippen LogP contribution >= 0.6 is 13.5 Å². The summed E-state index contributed by atoms with van der Waals surface area (Å²) < 4.78 is 31.9. The molecule has 0 aliphatic carbocycles. The third-order valence-electron chi connectivity index (χ3n) is 0. The van der Waals surface area contributed by atoms with E-state index < -0.39 is 13.6 Å². The van der Waals surface area contributed by atoms with E-state index in [2.05, 4.69) is 0 Å². The molecule has 0 saturated heterocycles. The number of hydrogen-bond donors (Lipinski definition) is 2. The Balaban J connectivity index is -0.0000000800. The summed E-state index contributed by atoms with van der Waals surface area (Å²) in [6.07, 6.45) is 0. The Kier molecular flexibility index (Phi) is 12.5. The van der Waals surface area contributed by atoms with E-state index in [0.29, 0.717) is 0 Å². The molecule has 0 aromatic carbocycles. The summed E-state index contributed by atoms with van der Waals surface area (Å²) >= 11 is -5.25. The van der Waals surface area contributed by atoms with Crippen LogP contribution in [-0.4, -0.2) is 37.9 Å². The molecule has 42 valence electrons. The number of rotatable bonds is 0. The van der Waals surface area contributed by atoms with E-state index in [9.17, 15) is 0 Å². The van der Waals surface area contributed by atoms with E-state index in [0.717, 1.165) is 0 Å². The summed E-state index contributed by atoms with van der Waals surface area (Å²) in [7, 11) is 0. The molecule has 0 aromatic heterocycles. The van der Waals surface area contributed by atoms with Crippen molar-refractivity contribution in [2.45, 2.75) is 0 Å². The van der Waals surface area contributed by atoms with E-state index in [1.807, 2.05) is 0 Å². The maximum absolute atomic E-state index is 8.82. The van der Waals surface area contributed by atoms with Gasteiger partial charge in [-0.25, -0.2) is 0 Å². The molecule has 0 unspecified atom stereocenters. The Bertz CT molecular complexity index is 94.9. The van der Waals surface area contributed by atoms with Gasteiger partial charge in [0.2, 0.25) is 0 Å². The Labute approximate surface area is 72.0 Å². The van der Waals surface area contributed by atoms with Gasteiger partial charge in [-0.1, -0.05) is 0 Å². The molecule has 0 fully saturated rings. The molecule has 0 atom stereocenters. The van der Waals surface area contributed by atoms with Crippen molar-refractivity contribution in [3.8, 4) is 0 Å². The van der Waals surface area contributed by atoms with Gasteiger partial charge in [0.25, 0.3) is 0 Å². The predicted molar refractivity (Wildman–Crippen MR) is 23.3 cm³/mol. The maximum atomic E-state index is 8.82. The van der Waals surface area contributed by atoms with Gasteiger partial charge in [0, 0.05) is 0 Å². The zero-order valence-electron chi connectivity index (χ0n) is 2.62. The SMILES string of the molecule is S.[NaH].[O]=[Cr](=[O])([OH])[OH]. The van der Waals surface area contributed by atoms with Crippen LogP contribution in [0.1, 0.15) is 0 Å². The molecule has 0 rings (SSSR count). The average molecular weight is 176 g/mol. The van der Waals surface area contributed by atoms with Gasteiger partial charge in [-0.3, -0.25) is 0 Å². The van der Waals surface area contributed by atoms with Gasteiger partial charge < -0.3 is 0 Å². The van der Waals surface area contributed by atoms with Crippen LogP contribution in [-0.2, 0) is 21.2 Å². The van der Waals surface area contributed by atoms with Gasteiger partial charge in [0.15, 0.2) is 0 Å². The fourth-order valence-corrected chi connectivity index (χ4v) is 0. The summed E-state index contributed by atoms with van der Waals surface area (Å²) in [4.78, 5) is 0.